The van der Waals surface area contributed by atoms with Gasteiger partial charge in [0.1, 0.15) is 0 Å². The lowest BCUT2D eigenvalue weighted by atomic mass is 10.2. The Kier molecular flexibility index (Phi) is 14.3. The number of hydrogen-bond acceptors (Lipinski definition) is 6. The van der Waals surface area contributed by atoms with E-state index < -0.39 is 10.0 Å². The van der Waals surface area contributed by atoms with Crippen LogP contribution in [-0.4, -0.2) is 74.2 Å². The molecule has 0 bridgehead atoms. The third kappa shape index (κ3) is 10.9. The zero-order chi connectivity index (χ0) is 21.7. The van der Waals surface area contributed by atoms with Gasteiger partial charge in [-0.1, -0.05) is 12.1 Å². The van der Waals surface area contributed by atoms with Crippen molar-refractivity contribution in [1.29, 1.82) is 0 Å². The van der Waals surface area contributed by atoms with E-state index in [4.69, 9.17) is 14.2 Å². The number of methoxy groups -OCH3 is 1. The predicted octanol–water partition coefficient (Wildman–Crippen LogP) is 1.48. The minimum absolute atomic E-state index is 0. The number of hydrogen-bond donors (Lipinski definition) is 3. The van der Waals surface area contributed by atoms with Crippen LogP contribution in [0, 0.1) is 0 Å². The van der Waals surface area contributed by atoms with Crippen molar-refractivity contribution in [2.45, 2.75) is 36.8 Å². The highest BCUT2D eigenvalue weighted by Gasteiger charge is 2.20. The van der Waals surface area contributed by atoms with E-state index in [1.165, 1.54) is 0 Å². The zero-order valence-electron chi connectivity index (χ0n) is 18.3. The smallest absolute Gasteiger partial charge is 0.240 e. The van der Waals surface area contributed by atoms with E-state index in [1.807, 2.05) is 0 Å². The van der Waals surface area contributed by atoms with E-state index in [2.05, 4.69) is 20.3 Å². The molecule has 1 atom stereocenters. The Morgan fingerprint density at radius 1 is 1.19 bits per heavy atom. The topological polar surface area (TPSA) is 110 Å². The highest BCUT2D eigenvalue weighted by molar-refractivity contribution is 14.0. The quantitative estimate of drug-likeness (QED) is 0.143. The van der Waals surface area contributed by atoms with Crippen molar-refractivity contribution in [3.63, 3.8) is 0 Å². The molecule has 1 unspecified atom stereocenters. The monoisotopic (exact) mass is 570 g/mol. The van der Waals surface area contributed by atoms with Gasteiger partial charge in [0, 0.05) is 47.0 Å². The number of nitrogens with zero attached hydrogens (tertiary/aromatic N) is 1. The summed E-state index contributed by atoms with van der Waals surface area (Å²) in [6.07, 6.45) is 2.70. The summed E-state index contributed by atoms with van der Waals surface area (Å²) in [5, 5.41) is 6.43. The van der Waals surface area contributed by atoms with Crippen LogP contribution in [0.4, 0.5) is 0 Å². The molecular weight excluding hydrogens is 535 g/mol. The molecule has 3 N–H and O–H groups in total. The minimum Gasteiger partial charge on any atom is -0.382 e. The molecule has 31 heavy (non-hydrogen) atoms. The number of guanidine groups is 1. The van der Waals surface area contributed by atoms with E-state index in [0.717, 1.165) is 31.4 Å². The Morgan fingerprint density at radius 3 is 2.61 bits per heavy atom. The van der Waals surface area contributed by atoms with E-state index in [-0.39, 0.29) is 35.0 Å². The van der Waals surface area contributed by atoms with Gasteiger partial charge < -0.3 is 24.8 Å². The first-order valence-electron chi connectivity index (χ1n) is 10.3. The van der Waals surface area contributed by atoms with Crippen LogP contribution in [0.15, 0.2) is 34.2 Å². The van der Waals surface area contributed by atoms with Gasteiger partial charge in [-0.15, -0.1) is 24.0 Å². The first-order chi connectivity index (χ1) is 14.5. The summed E-state index contributed by atoms with van der Waals surface area (Å²) < 4.78 is 43.3. The van der Waals surface area contributed by atoms with Crippen LogP contribution in [0.5, 0.6) is 0 Å². The average molecular weight is 570 g/mol. The third-order valence-electron chi connectivity index (χ3n) is 4.63. The van der Waals surface area contributed by atoms with Gasteiger partial charge in [0.2, 0.25) is 10.0 Å². The number of benzene rings is 1. The number of rotatable bonds is 13. The second-order valence-corrected chi connectivity index (χ2v) is 8.71. The first-order valence-corrected chi connectivity index (χ1v) is 11.7. The summed E-state index contributed by atoms with van der Waals surface area (Å²) in [5.74, 6) is 0.682. The molecule has 11 heteroatoms. The molecule has 0 amide bonds. The van der Waals surface area contributed by atoms with Crippen LogP contribution < -0.4 is 15.4 Å². The van der Waals surface area contributed by atoms with Crippen LogP contribution in [0.2, 0.25) is 0 Å². The third-order valence-corrected chi connectivity index (χ3v) is 6.07. The van der Waals surface area contributed by atoms with Gasteiger partial charge in [-0.2, -0.15) is 0 Å². The van der Waals surface area contributed by atoms with Gasteiger partial charge in [0.25, 0.3) is 0 Å². The van der Waals surface area contributed by atoms with Gasteiger partial charge in [-0.25, -0.2) is 13.1 Å². The Morgan fingerprint density at radius 2 is 1.97 bits per heavy atom. The summed E-state index contributed by atoms with van der Waals surface area (Å²) >= 11 is 0. The lowest BCUT2D eigenvalue weighted by Gasteiger charge is -2.13. The number of sulfonamides is 1. The van der Waals surface area contributed by atoms with Crippen LogP contribution >= 0.6 is 24.0 Å². The van der Waals surface area contributed by atoms with Crippen molar-refractivity contribution in [3.8, 4) is 0 Å². The van der Waals surface area contributed by atoms with E-state index in [0.29, 0.717) is 45.5 Å². The molecule has 0 spiro atoms. The van der Waals surface area contributed by atoms with Crippen LogP contribution in [0.25, 0.3) is 0 Å². The lowest BCUT2D eigenvalue weighted by Crippen LogP contribution is -2.37. The highest BCUT2D eigenvalue weighted by Crippen LogP contribution is 2.14. The molecule has 0 saturated carbocycles. The molecule has 0 aromatic heterocycles. The van der Waals surface area contributed by atoms with Crippen molar-refractivity contribution in [2.75, 3.05) is 53.7 Å². The Bertz CT molecular complexity index is 740. The van der Waals surface area contributed by atoms with Gasteiger partial charge in [0.15, 0.2) is 5.96 Å². The van der Waals surface area contributed by atoms with Gasteiger partial charge in [0.05, 0.1) is 24.2 Å². The first kappa shape index (κ1) is 28.0. The molecule has 1 saturated heterocycles. The van der Waals surface area contributed by atoms with Crippen LogP contribution in [0.1, 0.15) is 24.8 Å². The number of ether oxygens (including phenoxy) is 3. The van der Waals surface area contributed by atoms with Gasteiger partial charge in [-0.05, 0) is 37.0 Å². The van der Waals surface area contributed by atoms with Gasteiger partial charge in [-0.3, -0.25) is 4.99 Å². The molecule has 1 aromatic rings. The molecule has 1 aliphatic heterocycles. The molecule has 0 radical (unpaired) electrons. The van der Waals surface area contributed by atoms with Crippen molar-refractivity contribution in [2.24, 2.45) is 4.99 Å². The largest absolute Gasteiger partial charge is 0.382 e. The molecule has 1 fully saturated rings. The summed E-state index contributed by atoms with van der Waals surface area (Å²) in [6.45, 7) is 4.14. The van der Waals surface area contributed by atoms with Gasteiger partial charge >= 0.3 is 0 Å². The standard InChI is InChI=1S/C20H34N4O5S.HI/c1-21-20(22-10-4-11-28-14-13-27-2)23-15-17-6-8-19(9-7-17)30(25,26)24-16-18-5-3-12-29-18;/h6-9,18,24H,3-5,10-16H2,1-2H3,(H2,21,22,23);1H. The number of nitrogens with one attached hydrogen (secondary N) is 3. The fraction of sp³-hybridized carbons (Fsp3) is 0.650. The lowest BCUT2D eigenvalue weighted by molar-refractivity contribution is 0.0698. The SMILES string of the molecule is CN=C(NCCCOCCOC)NCc1ccc(S(=O)(=O)NCC2CCCO2)cc1.I. The average Bonchev–Trinajstić information content (AvgIpc) is 3.28. The molecule has 1 heterocycles. The molecular formula is C20H35IN4O5S. The summed E-state index contributed by atoms with van der Waals surface area (Å²) in [6, 6.07) is 6.82. The molecule has 1 aliphatic rings. The molecule has 9 nitrogen and oxygen atoms in total. The molecule has 178 valence electrons. The van der Waals surface area contributed by atoms with Crippen molar-refractivity contribution in [1.82, 2.24) is 15.4 Å². The zero-order valence-corrected chi connectivity index (χ0v) is 21.4. The summed E-state index contributed by atoms with van der Waals surface area (Å²) in [7, 11) is -0.173. The maximum Gasteiger partial charge on any atom is 0.240 e. The van der Waals surface area contributed by atoms with Crippen LogP contribution in [0.3, 0.4) is 0 Å². The number of halogens is 1. The Balaban J connectivity index is 0.00000480. The normalized spacial score (nSPS) is 16.7. The van der Waals surface area contributed by atoms with E-state index in [1.54, 1.807) is 38.4 Å². The fourth-order valence-electron chi connectivity index (χ4n) is 2.91. The second kappa shape index (κ2) is 15.8. The molecule has 1 aromatic carbocycles. The minimum atomic E-state index is -3.53. The van der Waals surface area contributed by atoms with E-state index >= 15 is 0 Å². The summed E-state index contributed by atoms with van der Waals surface area (Å²) in [5.41, 5.74) is 0.957. The number of aliphatic imine (C=N–C) groups is 1. The summed E-state index contributed by atoms with van der Waals surface area (Å²) in [4.78, 5) is 4.44. The van der Waals surface area contributed by atoms with Crippen molar-refractivity contribution < 1.29 is 22.6 Å². The predicted molar refractivity (Wildman–Crippen MR) is 132 cm³/mol. The fourth-order valence-corrected chi connectivity index (χ4v) is 3.98. The second-order valence-electron chi connectivity index (χ2n) is 6.94. The highest BCUT2D eigenvalue weighted by atomic mass is 127. The maximum atomic E-state index is 12.4. The molecule has 0 aliphatic carbocycles. The van der Waals surface area contributed by atoms with Crippen molar-refractivity contribution in [3.05, 3.63) is 29.8 Å². The Hall–Kier alpha value is -0.990. The Labute approximate surface area is 202 Å². The van der Waals surface area contributed by atoms with Crippen molar-refractivity contribution >= 4 is 40.0 Å². The molecule has 2 rings (SSSR count). The van der Waals surface area contributed by atoms with Crippen LogP contribution in [-0.2, 0) is 30.8 Å². The van der Waals surface area contributed by atoms with E-state index in [9.17, 15) is 8.42 Å². The maximum absolute atomic E-state index is 12.4.